The standard InChI is InChI=1S/C25H33BrN2O3/c1-7-21(24(30)27-6)28(15-18-10-8-9-17(2)13-18)23(29)16-31-22-12-11-19(14-20(22)26)25(3,4)5/h8-14,21H,7,15-16H2,1-6H3,(H,27,30)/t21-/m1/s1. The highest BCUT2D eigenvalue weighted by Crippen LogP contribution is 2.31. The molecule has 0 bridgehead atoms. The molecule has 31 heavy (non-hydrogen) atoms. The highest BCUT2D eigenvalue weighted by atomic mass is 79.9. The lowest BCUT2D eigenvalue weighted by atomic mass is 9.87. The van der Waals surface area contributed by atoms with E-state index in [1.165, 1.54) is 5.56 Å². The molecular formula is C25H33BrN2O3. The second-order valence-electron chi connectivity index (χ2n) is 8.73. The fourth-order valence-electron chi connectivity index (χ4n) is 3.40. The monoisotopic (exact) mass is 488 g/mol. The third kappa shape index (κ3) is 6.82. The molecule has 0 aromatic heterocycles. The quantitative estimate of drug-likeness (QED) is 0.569. The summed E-state index contributed by atoms with van der Waals surface area (Å²) >= 11 is 3.55. The molecule has 168 valence electrons. The number of halogens is 1. The van der Waals surface area contributed by atoms with Gasteiger partial charge in [0, 0.05) is 13.6 Å². The highest BCUT2D eigenvalue weighted by molar-refractivity contribution is 9.10. The second kappa shape index (κ2) is 10.8. The van der Waals surface area contributed by atoms with Crippen LogP contribution in [-0.2, 0) is 21.5 Å². The molecule has 0 heterocycles. The van der Waals surface area contributed by atoms with Gasteiger partial charge in [-0.15, -0.1) is 0 Å². The Morgan fingerprint density at radius 3 is 2.42 bits per heavy atom. The van der Waals surface area contributed by atoms with Gasteiger partial charge in [-0.05, 0) is 57.9 Å². The molecule has 1 atom stereocenters. The minimum absolute atomic E-state index is 0.0172. The van der Waals surface area contributed by atoms with Gasteiger partial charge in [-0.2, -0.15) is 0 Å². The Labute approximate surface area is 194 Å². The van der Waals surface area contributed by atoms with E-state index in [1.807, 2.05) is 56.3 Å². The summed E-state index contributed by atoms with van der Waals surface area (Å²) in [5.41, 5.74) is 3.27. The van der Waals surface area contributed by atoms with Gasteiger partial charge in [-0.25, -0.2) is 0 Å². The van der Waals surface area contributed by atoms with Crippen LogP contribution in [0.2, 0.25) is 0 Å². The number of nitrogens with zero attached hydrogens (tertiary/aromatic N) is 1. The number of carbonyl (C=O) groups is 2. The Kier molecular flexibility index (Phi) is 8.69. The Bertz CT molecular complexity index is 921. The molecule has 0 unspecified atom stereocenters. The topological polar surface area (TPSA) is 58.6 Å². The van der Waals surface area contributed by atoms with Crippen LogP contribution >= 0.6 is 15.9 Å². The van der Waals surface area contributed by atoms with Crippen molar-refractivity contribution < 1.29 is 14.3 Å². The van der Waals surface area contributed by atoms with Crippen LogP contribution in [0.4, 0.5) is 0 Å². The molecule has 5 nitrogen and oxygen atoms in total. The molecule has 2 aromatic carbocycles. The summed E-state index contributed by atoms with van der Waals surface area (Å²) in [6.07, 6.45) is 0.515. The van der Waals surface area contributed by atoms with Crippen LogP contribution in [0.5, 0.6) is 5.75 Å². The minimum Gasteiger partial charge on any atom is -0.483 e. The first kappa shape index (κ1) is 24.9. The minimum atomic E-state index is -0.562. The number of likely N-dealkylation sites (N-methyl/N-ethyl adjacent to an activating group) is 1. The predicted molar refractivity (Wildman–Crippen MR) is 128 cm³/mol. The fourth-order valence-corrected chi connectivity index (χ4v) is 3.89. The molecule has 0 radical (unpaired) electrons. The smallest absolute Gasteiger partial charge is 0.261 e. The molecule has 0 aliphatic carbocycles. The lowest BCUT2D eigenvalue weighted by Crippen LogP contribution is -2.49. The molecule has 0 fully saturated rings. The zero-order valence-corrected chi connectivity index (χ0v) is 20.9. The normalized spacial score (nSPS) is 12.2. The van der Waals surface area contributed by atoms with Gasteiger partial charge in [0.05, 0.1) is 4.47 Å². The fraction of sp³-hybridized carbons (Fsp3) is 0.440. The molecular weight excluding hydrogens is 456 g/mol. The highest BCUT2D eigenvalue weighted by Gasteiger charge is 2.28. The number of hydrogen-bond donors (Lipinski definition) is 1. The van der Waals surface area contributed by atoms with Crippen LogP contribution in [-0.4, -0.2) is 36.4 Å². The first-order chi connectivity index (χ1) is 14.6. The molecule has 0 spiro atoms. The number of aryl methyl sites for hydroxylation is 1. The predicted octanol–water partition coefficient (Wildman–Crippen LogP) is 4.99. The zero-order chi connectivity index (χ0) is 23.2. The van der Waals surface area contributed by atoms with Gasteiger partial charge in [0.2, 0.25) is 5.91 Å². The number of rotatable bonds is 8. The van der Waals surface area contributed by atoms with Crippen molar-refractivity contribution in [1.82, 2.24) is 10.2 Å². The van der Waals surface area contributed by atoms with Crippen LogP contribution in [0.15, 0.2) is 46.9 Å². The number of benzene rings is 2. The molecule has 6 heteroatoms. The molecule has 0 aliphatic rings. The average Bonchev–Trinajstić information content (AvgIpc) is 2.71. The molecule has 2 rings (SSSR count). The maximum atomic E-state index is 13.2. The third-order valence-electron chi connectivity index (χ3n) is 5.22. The number of ether oxygens (including phenoxy) is 1. The van der Waals surface area contributed by atoms with E-state index in [2.05, 4.69) is 42.0 Å². The van der Waals surface area contributed by atoms with Gasteiger partial charge in [-0.1, -0.05) is 63.6 Å². The van der Waals surface area contributed by atoms with E-state index in [4.69, 9.17) is 4.74 Å². The summed E-state index contributed by atoms with van der Waals surface area (Å²) in [6.45, 7) is 10.5. The number of hydrogen-bond acceptors (Lipinski definition) is 3. The molecule has 2 aromatic rings. The summed E-state index contributed by atoms with van der Waals surface area (Å²) in [4.78, 5) is 27.2. The van der Waals surface area contributed by atoms with Crippen LogP contribution < -0.4 is 10.1 Å². The van der Waals surface area contributed by atoms with Crippen LogP contribution in [0.25, 0.3) is 0 Å². The van der Waals surface area contributed by atoms with Crippen LogP contribution in [0, 0.1) is 6.92 Å². The van der Waals surface area contributed by atoms with Crippen LogP contribution in [0.1, 0.15) is 50.8 Å². The van der Waals surface area contributed by atoms with Gasteiger partial charge in [0.25, 0.3) is 5.91 Å². The Morgan fingerprint density at radius 2 is 1.87 bits per heavy atom. The number of carbonyl (C=O) groups excluding carboxylic acids is 2. The van der Waals surface area contributed by atoms with Crippen molar-refractivity contribution in [3.8, 4) is 5.75 Å². The van der Waals surface area contributed by atoms with E-state index in [0.717, 1.165) is 15.6 Å². The van der Waals surface area contributed by atoms with E-state index >= 15 is 0 Å². The molecule has 0 aliphatic heterocycles. The van der Waals surface area contributed by atoms with Crippen molar-refractivity contribution in [2.24, 2.45) is 0 Å². The van der Waals surface area contributed by atoms with Gasteiger partial charge >= 0.3 is 0 Å². The summed E-state index contributed by atoms with van der Waals surface area (Å²) in [6, 6.07) is 13.3. The van der Waals surface area contributed by atoms with Crippen LogP contribution in [0.3, 0.4) is 0 Å². The van der Waals surface area contributed by atoms with Crippen molar-refractivity contribution in [3.05, 3.63) is 63.6 Å². The maximum Gasteiger partial charge on any atom is 0.261 e. The van der Waals surface area contributed by atoms with E-state index < -0.39 is 6.04 Å². The average molecular weight is 489 g/mol. The first-order valence-electron chi connectivity index (χ1n) is 10.6. The molecule has 0 saturated heterocycles. The van der Waals surface area contributed by atoms with Crippen molar-refractivity contribution in [1.29, 1.82) is 0 Å². The number of nitrogens with one attached hydrogen (secondary N) is 1. The Morgan fingerprint density at radius 1 is 1.16 bits per heavy atom. The van der Waals surface area contributed by atoms with Crippen molar-refractivity contribution in [2.75, 3.05) is 13.7 Å². The van der Waals surface area contributed by atoms with Gasteiger partial charge in [-0.3, -0.25) is 9.59 Å². The van der Waals surface area contributed by atoms with E-state index in [-0.39, 0.29) is 23.8 Å². The zero-order valence-electron chi connectivity index (χ0n) is 19.3. The van der Waals surface area contributed by atoms with Gasteiger partial charge in [0.1, 0.15) is 11.8 Å². The number of amides is 2. The largest absolute Gasteiger partial charge is 0.483 e. The van der Waals surface area contributed by atoms with Crippen molar-refractivity contribution in [3.63, 3.8) is 0 Å². The Hall–Kier alpha value is -2.34. The van der Waals surface area contributed by atoms with E-state index in [9.17, 15) is 9.59 Å². The van der Waals surface area contributed by atoms with E-state index in [0.29, 0.717) is 18.7 Å². The lowest BCUT2D eigenvalue weighted by molar-refractivity contribution is -0.142. The molecule has 2 amide bonds. The van der Waals surface area contributed by atoms with Crippen molar-refractivity contribution >= 4 is 27.7 Å². The summed E-state index contributed by atoms with van der Waals surface area (Å²) < 4.78 is 6.65. The summed E-state index contributed by atoms with van der Waals surface area (Å²) in [7, 11) is 1.59. The summed E-state index contributed by atoms with van der Waals surface area (Å²) in [5.74, 6) is 0.188. The SMILES string of the molecule is CC[C@H](C(=O)NC)N(Cc1cccc(C)c1)C(=O)COc1ccc(C(C)(C)C)cc1Br. The van der Waals surface area contributed by atoms with Gasteiger partial charge in [0.15, 0.2) is 6.61 Å². The van der Waals surface area contributed by atoms with E-state index in [1.54, 1.807) is 11.9 Å². The second-order valence-corrected chi connectivity index (χ2v) is 9.59. The third-order valence-corrected chi connectivity index (χ3v) is 5.84. The first-order valence-corrected chi connectivity index (χ1v) is 11.4. The Balaban J connectivity index is 2.21. The maximum absolute atomic E-state index is 13.2. The molecule has 0 saturated carbocycles. The molecule has 1 N–H and O–H groups in total. The van der Waals surface area contributed by atoms with Gasteiger partial charge < -0.3 is 15.0 Å². The lowest BCUT2D eigenvalue weighted by Gasteiger charge is -2.30. The van der Waals surface area contributed by atoms with Crippen molar-refractivity contribution in [2.45, 2.75) is 59.0 Å². The summed E-state index contributed by atoms with van der Waals surface area (Å²) in [5, 5.41) is 2.67.